The maximum absolute atomic E-state index is 13.6. The molecular formula is C12H10F3NO3. The highest BCUT2D eigenvalue weighted by molar-refractivity contribution is 5.80. The van der Waals surface area contributed by atoms with E-state index in [0.717, 1.165) is 0 Å². The number of nitro groups is 1. The molecule has 0 radical (unpaired) electrons. The monoisotopic (exact) mass is 273 g/mol. The Morgan fingerprint density at radius 1 is 1.16 bits per heavy atom. The molecule has 2 atom stereocenters. The lowest BCUT2D eigenvalue weighted by molar-refractivity contribution is -0.528. The van der Waals surface area contributed by atoms with Crippen molar-refractivity contribution < 1.29 is 22.9 Å². The van der Waals surface area contributed by atoms with Gasteiger partial charge in [-0.15, -0.1) is 0 Å². The number of nitrogens with zero attached hydrogens (tertiary/aromatic N) is 1. The smallest absolute Gasteiger partial charge is 0.220 e. The van der Waals surface area contributed by atoms with E-state index in [9.17, 15) is 28.1 Å². The van der Waals surface area contributed by atoms with Gasteiger partial charge in [0, 0.05) is 35.8 Å². The Hall–Kier alpha value is -1.92. The van der Waals surface area contributed by atoms with Crippen molar-refractivity contribution in [2.24, 2.45) is 0 Å². The quantitative estimate of drug-likeness (QED) is 0.472. The molecule has 0 saturated heterocycles. The zero-order chi connectivity index (χ0) is 14.2. The molecule has 0 heterocycles. The number of carbonyl (C=O) groups is 1. The molecule has 0 N–H and O–H groups in total. The van der Waals surface area contributed by atoms with Crippen LogP contribution in [0.3, 0.4) is 0 Å². The average molecular weight is 273 g/mol. The van der Waals surface area contributed by atoms with Gasteiger partial charge in [0.1, 0.15) is 11.6 Å². The summed E-state index contributed by atoms with van der Waals surface area (Å²) >= 11 is 0. The Labute approximate surface area is 106 Å². The van der Waals surface area contributed by atoms with Crippen LogP contribution in [0.4, 0.5) is 13.2 Å². The minimum absolute atomic E-state index is 0.0189. The summed E-state index contributed by atoms with van der Waals surface area (Å²) in [7, 11) is 0. The molecule has 19 heavy (non-hydrogen) atoms. The van der Waals surface area contributed by atoms with Crippen molar-refractivity contribution in [3.63, 3.8) is 0 Å². The molecule has 0 amide bonds. The molecule has 0 aliphatic heterocycles. The van der Waals surface area contributed by atoms with E-state index in [1.165, 1.54) is 0 Å². The van der Waals surface area contributed by atoms with Gasteiger partial charge in [-0.05, 0) is 6.07 Å². The lowest BCUT2D eigenvalue weighted by Gasteiger charge is -2.25. The molecule has 1 aromatic carbocycles. The van der Waals surface area contributed by atoms with E-state index < -0.39 is 34.3 Å². The van der Waals surface area contributed by atoms with Gasteiger partial charge in [-0.25, -0.2) is 13.2 Å². The zero-order valence-electron chi connectivity index (χ0n) is 9.74. The molecule has 1 aromatic rings. The zero-order valence-corrected chi connectivity index (χ0v) is 9.74. The number of Topliss-reactive ketones (excluding diaryl/α,β-unsaturated/α-hetero) is 1. The highest BCUT2D eigenvalue weighted by Crippen LogP contribution is 2.35. The van der Waals surface area contributed by atoms with Gasteiger partial charge >= 0.3 is 0 Å². The van der Waals surface area contributed by atoms with Crippen molar-refractivity contribution in [3.05, 3.63) is 45.3 Å². The van der Waals surface area contributed by atoms with Crippen molar-refractivity contribution in [3.8, 4) is 0 Å². The van der Waals surface area contributed by atoms with Crippen LogP contribution < -0.4 is 0 Å². The molecule has 1 aliphatic carbocycles. The van der Waals surface area contributed by atoms with Crippen LogP contribution in [-0.4, -0.2) is 16.7 Å². The number of benzene rings is 1. The van der Waals surface area contributed by atoms with Gasteiger partial charge in [0.05, 0.1) is 5.92 Å². The van der Waals surface area contributed by atoms with E-state index in [2.05, 4.69) is 0 Å². The molecule has 0 bridgehead atoms. The summed E-state index contributed by atoms with van der Waals surface area (Å²) in [5, 5.41) is 10.9. The molecule has 0 spiro atoms. The summed E-state index contributed by atoms with van der Waals surface area (Å²) in [5.41, 5.74) is -0.311. The standard InChI is InChI=1S/C12H10F3NO3/c13-9-5-11(15)10(14)4-7(9)8-3-6(17)1-2-12(8)16(18)19/h4-5,8,12H,1-3H2/t8-,12+/m1/s1. The van der Waals surface area contributed by atoms with Crippen molar-refractivity contribution in [2.75, 3.05) is 0 Å². The number of halogens is 3. The minimum Gasteiger partial charge on any atom is -0.300 e. The first-order chi connectivity index (χ1) is 8.90. The molecule has 7 heteroatoms. The second-order valence-corrected chi connectivity index (χ2v) is 4.53. The normalized spacial score (nSPS) is 23.4. The van der Waals surface area contributed by atoms with Crippen LogP contribution >= 0.6 is 0 Å². The van der Waals surface area contributed by atoms with E-state index in [-0.39, 0.29) is 30.6 Å². The van der Waals surface area contributed by atoms with E-state index in [0.29, 0.717) is 12.1 Å². The summed E-state index contributed by atoms with van der Waals surface area (Å²) in [6, 6.07) is -0.206. The van der Waals surface area contributed by atoms with Crippen LogP contribution in [0.15, 0.2) is 12.1 Å². The second kappa shape index (κ2) is 4.99. The van der Waals surface area contributed by atoms with E-state index in [1.807, 2.05) is 0 Å². The SMILES string of the molecule is O=C1CC[C@H]([N+](=O)[O-])[C@@H](c2cc(F)c(F)cc2F)C1. The van der Waals surface area contributed by atoms with E-state index in [4.69, 9.17) is 0 Å². The van der Waals surface area contributed by atoms with Gasteiger partial charge in [0.25, 0.3) is 0 Å². The molecule has 1 aliphatic rings. The number of rotatable bonds is 2. The molecular weight excluding hydrogens is 263 g/mol. The predicted octanol–water partition coefficient (Wildman–Crippen LogP) is 2.59. The second-order valence-electron chi connectivity index (χ2n) is 4.53. The molecule has 2 rings (SSSR count). The average Bonchev–Trinajstić information content (AvgIpc) is 2.33. The first-order valence-corrected chi connectivity index (χ1v) is 5.69. The van der Waals surface area contributed by atoms with Gasteiger partial charge in [-0.3, -0.25) is 14.9 Å². The largest absolute Gasteiger partial charge is 0.300 e. The molecule has 1 saturated carbocycles. The minimum atomic E-state index is -1.36. The topological polar surface area (TPSA) is 60.2 Å². The maximum Gasteiger partial charge on any atom is 0.220 e. The van der Waals surface area contributed by atoms with Gasteiger partial charge in [-0.1, -0.05) is 0 Å². The van der Waals surface area contributed by atoms with Crippen molar-refractivity contribution >= 4 is 5.78 Å². The van der Waals surface area contributed by atoms with Crippen molar-refractivity contribution in [1.82, 2.24) is 0 Å². The Kier molecular flexibility index (Phi) is 3.55. The van der Waals surface area contributed by atoms with Gasteiger partial charge in [0.15, 0.2) is 11.6 Å². The van der Waals surface area contributed by atoms with E-state index >= 15 is 0 Å². The predicted molar refractivity (Wildman–Crippen MR) is 58.7 cm³/mol. The third kappa shape index (κ3) is 2.59. The number of ketones is 1. The van der Waals surface area contributed by atoms with Crippen molar-refractivity contribution in [2.45, 2.75) is 31.2 Å². The summed E-state index contributed by atoms with van der Waals surface area (Å²) < 4.78 is 39.6. The third-order valence-electron chi connectivity index (χ3n) is 3.34. The van der Waals surface area contributed by atoms with Crippen LogP contribution in [-0.2, 0) is 4.79 Å². The molecule has 1 fully saturated rings. The third-order valence-corrected chi connectivity index (χ3v) is 3.34. The van der Waals surface area contributed by atoms with Crippen LogP contribution in [0.5, 0.6) is 0 Å². The van der Waals surface area contributed by atoms with Gasteiger partial charge < -0.3 is 0 Å². The van der Waals surface area contributed by atoms with Crippen LogP contribution in [0.25, 0.3) is 0 Å². The highest BCUT2D eigenvalue weighted by atomic mass is 19.2. The van der Waals surface area contributed by atoms with Crippen LogP contribution in [0.2, 0.25) is 0 Å². The molecule has 0 unspecified atom stereocenters. The van der Waals surface area contributed by atoms with Gasteiger partial charge in [0.2, 0.25) is 6.04 Å². The van der Waals surface area contributed by atoms with Crippen molar-refractivity contribution in [1.29, 1.82) is 0 Å². The Morgan fingerprint density at radius 2 is 1.79 bits per heavy atom. The lowest BCUT2D eigenvalue weighted by atomic mass is 9.79. The molecule has 102 valence electrons. The fourth-order valence-electron chi connectivity index (χ4n) is 2.39. The number of hydrogen-bond acceptors (Lipinski definition) is 3. The number of carbonyl (C=O) groups excluding carboxylic acids is 1. The fraction of sp³-hybridized carbons (Fsp3) is 0.417. The summed E-state index contributed by atoms with van der Waals surface area (Å²) in [6.07, 6.45) is -0.198. The Balaban J connectivity index is 2.44. The summed E-state index contributed by atoms with van der Waals surface area (Å²) in [4.78, 5) is 21.7. The lowest BCUT2D eigenvalue weighted by Crippen LogP contribution is -2.34. The molecule has 4 nitrogen and oxygen atoms in total. The van der Waals surface area contributed by atoms with Crippen LogP contribution in [0.1, 0.15) is 30.7 Å². The Morgan fingerprint density at radius 3 is 2.42 bits per heavy atom. The van der Waals surface area contributed by atoms with E-state index in [1.54, 1.807) is 0 Å². The first-order valence-electron chi connectivity index (χ1n) is 5.69. The summed E-state index contributed by atoms with van der Waals surface area (Å²) in [6.45, 7) is 0. The van der Waals surface area contributed by atoms with Crippen LogP contribution in [0, 0.1) is 27.6 Å². The Bertz CT molecular complexity index is 547. The fourth-order valence-corrected chi connectivity index (χ4v) is 2.39. The number of hydrogen-bond donors (Lipinski definition) is 0. The summed E-state index contributed by atoms with van der Waals surface area (Å²) in [5.74, 6) is -5.00. The highest BCUT2D eigenvalue weighted by Gasteiger charge is 2.40. The van der Waals surface area contributed by atoms with Gasteiger partial charge in [-0.2, -0.15) is 0 Å². The molecule has 0 aromatic heterocycles. The first kappa shape index (κ1) is 13.5. The maximum atomic E-state index is 13.6.